The van der Waals surface area contributed by atoms with E-state index in [4.69, 9.17) is 17.3 Å². The van der Waals surface area contributed by atoms with Gasteiger partial charge in [-0.2, -0.15) is 0 Å². The number of β-amino-alcohol motifs (C(OH)–C–C–N with tert-alkyl or cyclic N) is 1. The number of fused-ring (bicyclic) bond motifs is 1. The zero-order valence-electron chi connectivity index (χ0n) is 19.6. The van der Waals surface area contributed by atoms with Crippen molar-refractivity contribution in [3.63, 3.8) is 0 Å². The van der Waals surface area contributed by atoms with E-state index in [9.17, 15) is 10.2 Å². The predicted octanol–water partition coefficient (Wildman–Crippen LogP) is 2.86. The van der Waals surface area contributed by atoms with Crippen LogP contribution >= 0.6 is 11.6 Å². The minimum Gasteiger partial charge on any atom is -0.396 e. The summed E-state index contributed by atoms with van der Waals surface area (Å²) in [7, 11) is 0. The molecule has 4 unspecified atom stereocenters. The van der Waals surface area contributed by atoms with Crippen LogP contribution in [0.3, 0.4) is 0 Å². The fourth-order valence-corrected chi connectivity index (χ4v) is 5.63. The molecule has 5 N–H and O–H groups in total. The highest BCUT2D eigenvalue weighted by Crippen LogP contribution is 2.34. The number of nitrogens with one attached hydrogen (secondary N) is 1. The Hall–Kier alpha value is -2.55. The molecule has 0 bridgehead atoms. The smallest absolute Gasteiger partial charge is 0.220 e. The lowest BCUT2D eigenvalue weighted by Crippen LogP contribution is -2.55. The second-order valence-corrected chi connectivity index (χ2v) is 9.81. The normalized spacial score (nSPS) is 23.6. The zero-order chi connectivity index (χ0) is 24.4. The summed E-state index contributed by atoms with van der Waals surface area (Å²) in [5.74, 6) is 0.506. The van der Waals surface area contributed by atoms with Crippen LogP contribution in [0, 0.1) is 0 Å². The van der Waals surface area contributed by atoms with Gasteiger partial charge in [0.2, 0.25) is 5.95 Å². The van der Waals surface area contributed by atoms with Crippen molar-refractivity contribution < 1.29 is 10.2 Å². The van der Waals surface area contributed by atoms with E-state index in [1.165, 1.54) is 11.1 Å². The van der Waals surface area contributed by atoms with E-state index >= 15 is 0 Å². The fourth-order valence-electron chi connectivity index (χ4n) is 5.36. The number of nitrogen functional groups attached to an aromatic ring is 1. The molecule has 1 saturated heterocycles. The van der Waals surface area contributed by atoms with Crippen molar-refractivity contribution in [2.75, 3.05) is 31.3 Å². The molecule has 2 aromatic carbocycles. The lowest BCUT2D eigenvalue weighted by molar-refractivity contribution is 0.00919. The average molecular weight is 494 g/mol. The number of nitrogens with two attached hydrogens (primary N) is 1. The van der Waals surface area contributed by atoms with Gasteiger partial charge in [-0.05, 0) is 35.1 Å². The minimum absolute atomic E-state index is 0.00968. The fraction of sp³-hybridized carbons (Fsp3) is 0.407. The number of anilines is 1. The van der Waals surface area contributed by atoms with Gasteiger partial charge < -0.3 is 21.3 Å². The number of nitrogens with zero attached hydrogens (tertiary/aromatic N) is 3. The van der Waals surface area contributed by atoms with Gasteiger partial charge in [-0.3, -0.25) is 4.90 Å². The molecule has 0 spiro atoms. The van der Waals surface area contributed by atoms with Crippen molar-refractivity contribution in [2.45, 2.75) is 43.5 Å². The number of aliphatic hydroxyl groups excluding tert-OH is 2. The molecular formula is C27H32ClN5O2. The molecule has 0 aliphatic carbocycles. The molecule has 2 aliphatic heterocycles. The summed E-state index contributed by atoms with van der Waals surface area (Å²) in [5.41, 5.74) is 12.5. The number of halogens is 1. The first-order valence-corrected chi connectivity index (χ1v) is 12.7. The Kier molecular flexibility index (Phi) is 7.32. The van der Waals surface area contributed by atoms with E-state index in [0.29, 0.717) is 12.4 Å². The molecule has 35 heavy (non-hydrogen) atoms. The second-order valence-electron chi connectivity index (χ2n) is 9.50. The number of piperidine rings is 1. The summed E-state index contributed by atoms with van der Waals surface area (Å²) in [6.45, 7) is 2.27. The third kappa shape index (κ3) is 5.06. The van der Waals surface area contributed by atoms with E-state index in [1.54, 1.807) is 6.20 Å². The molecule has 2 aliphatic rings. The van der Waals surface area contributed by atoms with Crippen molar-refractivity contribution in [3.8, 4) is 11.1 Å². The molecule has 184 valence electrons. The first kappa shape index (κ1) is 24.2. The van der Waals surface area contributed by atoms with Crippen LogP contribution in [0.2, 0.25) is 0 Å². The SMILES string of the molecule is Nc1ncc(-c2ccc(C(CO)CCl)cc2)c(C2CC(N3CCc4ccccc4C3)C(O)CN2)n1. The van der Waals surface area contributed by atoms with Crippen molar-refractivity contribution >= 4 is 17.5 Å². The summed E-state index contributed by atoms with van der Waals surface area (Å²) < 4.78 is 0. The van der Waals surface area contributed by atoms with Gasteiger partial charge in [-0.1, -0.05) is 48.5 Å². The van der Waals surface area contributed by atoms with Gasteiger partial charge in [0.05, 0.1) is 24.4 Å². The van der Waals surface area contributed by atoms with Crippen molar-refractivity contribution in [1.82, 2.24) is 20.2 Å². The van der Waals surface area contributed by atoms with Crippen molar-refractivity contribution in [2.24, 2.45) is 0 Å². The Bertz CT molecular complexity index is 1150. The maximum atomic E-state index is 10.9. The Morgan fingerprint density at radius 1 is 1.14 bits per heavy atom. The molecule has 0 saturated carbocycles. The number of alkyl halides is 1. The van der Waals surface area contributed by atoms with Crippen LogP contribution < -0.4 is 11.1 Å². The van der Waals surface area contributed by atoms with Crippen LogP contribution in [0.25, 0.3) is 11.1 Å². The first-order valence-electron chi connectivity index (χ1n) is 12.2. The maximum absolute atomic E-state index is 10.9. The summed E-state index contributed by atoms with van der Waals surface area (Å²) in [6, 6.07) is 16.5. The minimum atomic E-state index is -0.454. The molecule has 0 radical (unpaired) electrons. The standard InChI is InChI=1S/C27H32ClN5O2/c28-12-21(16-34)18-5-7-19(8-6-18)22-13-31-27(29)32-26(22)23-11-24(25(35)14-30-23)33-10-9-17-3-1-2-4-20(17)15-33/h1-8,13,21,23-25,30,34-35H,9-12,14-16H2,(H2,29,31,32). The Labute approximate surface area is 211 Å². The molecule has 8 heteroatoms. The molecule has 3 aromatic rings. The topological polar surface area (TPSA) is 108 Å². The highest BCUT2D eigenvalue weighted by atomic mass is 35.5. The predicted molar refractivity (Wildman–Crippen MR) is 138 cm³/mol. The lowest BCUT2D eigenvalue weighted by Gasteiger charge is -2.43. The summed E-state index contributed by atoms with van der Waals surface area (Å²) in [5, 5.41) is 24.0. The van der Waals surface area contributed by atoms with Gasteiger partial charge in [-0.15, -0.1) is 11.6 Å². The molecule has 4 atom stereocenters. The lowest BCUT2D eigenvalue weighted by atomic mass is 9.88. The highest BCUT2D eigenvalue weighted by Gasteiger charge is 2.36. The van der Waals surface area contributed by atoms with Crippen LogP contribution in [0.5, 0.6) is 0 Å². The van der Waals surface area contributed by atoms with Crippen molar-refractivity contribution in [1.29, 1.82) is 0 Å². The zero-order valence-corrected chi connectivity index (χ0v) is 20.4. The van der Waals surface area contributed by atoms with Crippen LogP contribution in [-0.2, 0) is 13.0 Å². The van der Waals surface area contributed by atoms with E-state index in [-0.39, 0.29) is 30.6 Å². The molecule has 7 nitrogen and oxygen atoms in total. The summed E-state index contributed by atoms with van der Waals surface area (Å²) in [4.78, 5) is 11.3. The Balaban J connectivity index is 1.40. The van der Waals surface area contributed by atoms with Crippen LogP contribution in [0.1, 0.15) is 40.8 Å². The molecule has 1 fully saturated rings. The second kappa shape index (κ2) is 10.6. The first-order chi connectivity index (χ1) is 17.1. The third-order valence-electron chi connectivity index (χ3n) is 7.39. The van der Waals surface area contributed by atoms with Gasteiger partial charge in [-0.25, -0.2) is 9.97 Å². The highest BCUT2D eigenvalue weighted by molar-refractivity contribution is 6.18. The summed E-state index contributed by atoms with van der Waals surface area (Å²) in [6.07, 6.45) is 3.04. The molecular weight excluding hydrogens is 462 g/mol. The van der Waals surface area contributed by atoms with Crippen molar-refractivity contribution in [3.05, 3.63) is 77.1 Å². The monoisotopic (exact) mass is 493 g/mol. The number of hydrogen-bond acceptors (Lipinski definition) is 7. The number of rotatable bonds is 6. The molecule has 5 rings (SSSR count). The number of benzene rings is 2. The van der Waals surface area contributed by atoms with Gasteiger partial charge in [0, 0.05) is 49.2 Å². The Morgan fingerprint density at radius 3 is 2.66 bits per heavy atom. The quantitative estimate of drug-likeness (QED) is 0.391. The van der Waals surface area contributed by atoms with E-state index in [2.05, 4.69) is 44.5 Å². The van der Waals surface area contributed by atoms with Gasteiger partial charge >= 0.3 is 0 Å². The third-order valence-corrected chi connectivity index (χ3v) is 7.76. The van der Waals surface area contributed by atoms with E-state index in [1.807, 2.05) is 24.3 Å². The largest absolute Gasteiger partial charge is 0.396 e. The maximum Gasteiger partial charge on any atom is 0.220 e. The number of hydrogen-bond donors (Lipinski definition) is 4. The average Bonchev–Trinajstić information content (AvgIpc) is 2.90. The van der Waals surface area contributed by atoms with Gasteiger partial charge in [0.1, 0.15) is 0 Å². The molecule has 0 amide bonds. The van der Waals surface area contributed by atoms with Crippen LogP contribution in [-0.4, -0.2) is 62.8 Å². The van der Waals surface area contributed by atoms with Crippen LogP contribution in [0.15, 0.2) is 54.7 Å². The van der Waals surface area contributed by atoms with E-state index < -0.39 is 6.10 Å². The molecule has 3 heterocycles. The molecule has 1 aromatic heterocycles. The number of aliphatic hydroxyl groups is 2. The van der Waals surface area contributed by atoms with E-state index in [0.717, 1.165) is 48.3 Å². The van der Waals surface area contributed by atoms with Gasteiger partial charge in [0.25, 0.3) is 0 Å². The Morgan fingerprint density at radius 2 is 1.91 bits per heavy atom. The number of aromatic nitrogens is 2. The van der Waals surface area contributed by atoms with Crippen LogP contribution in [0.4, 0.5) is 5.95 Å². The summed E-state index contributed by atoms with van der Waals surface area (Å²) >= 11 is 5.99. The van der Waals surface area contributed by atoms with Gasteiger partial charge in [0.15, 0.2) is 0 Å².